The minimum atomic E-state index is -0.259. The standard InChI is InChI=1S/C19H25NO5/c1-3-23-19(22)13(2)20-8-6-14(7-9-20)18(21)15-4-5-16-17(12-15)25-11-10-24-16/h4-5,12-14H,3,6-11H2,1-2H3/t13-/m1/s1. The fraction of sp³-hybridized carbons (Fsp3) is 0.579. The smallest absolute Gasteiger partial charge is 0.323 e. The molecule has 0 aliphatic carbocycles. The quantitative estimate of drug-likeness (QED) is 0.602. The van der Waals surface area contributed by atoms with Crippen molar-refractivity contribution in [2.45, 2.75) is 32.7 Å². The Hall–Kier alpha value is -2.08. The Morgan fingerprint density at radius 2 is 1.88 bits per heavy atom. The molecule has 0 aromatic heterocycles. The first-order chi connectivity index (χ1) is 12.1. The van der Waals surface area contributed by atoms with Crippen LogP contribution in [0.4, 0.5) is 0 Å². The number of ketones is 1. The van der Waals surface area contributed by atoms with E-state index < -0.39 is 0 Å². The summed E-state index contributed by atoms with van der Waals surface area (Å²) >= 11 is 0. The molecule has 0 saturated carbocycles. The van der Waals surface area contributed by atoms with Crippen LogP contribution in [0.5, 0.6) is 11.5 Å². The van der Waals surface area contributed by atoms with Gasteiger partial charge in [-0.05, 0) is 58.0 Å². The molecule has 3 rings (SSSR count). The highest BCUT2D eigenvalue weighted by molar-refractivity contribution is 5.98. The van der Waals surface area contributed by atoms with Gasteiger partial charge in [0.1, 0.15) is 19.3 Å². The number of carbonyl (C=O) groups excluding carboxylic acids is 2. The van der Waals surface area contributed by atoms with Gasteiger partial charge in [-0.3, -0.25) is 14.5 Å². The molecule has 1 aromatic rings. The van der Waals surface area contributed by atoms with Gasteiger partial charge >= 0.3 is 5.97 Å². The first-order valence-electron chi connectivity index (χ1n) is 8.94. The number of piperidine rings is 1. The lowest BCUT2D eigenvalue weighted by atomic mass is 9.88. The number of likely N-dealkylation sites (tertiary alicyclic amines) is 1. The van der Waals surface area contributed by atoms with Gasteiger partial charge in [-0.2, -0.15) is 0 Å². The molecule has 0 bridgehead atoms. The number of hydrogen-bond acceptors (Lipinski definition) is 6. The molecule has 1 aromatic carbocycles. The molecule has 6 nitrogen and oxygen atoms in total. The SMILES string of the molecule is CCOC(=O)[C@@H](C)N1CCC(C(=O)c2ccc3c(c2)OCCO3)CC1. The van der Waals surface area contributed by atoms with Gasteiger partial charge in [0.05, 0.1) is 6.61 Å². The number of esters is 1. The van der Waals surface area contributed by atoms with Gasteiger partial charge in [0.25, 0.3) is 0 Å². The van der Waals surface area contributed by atoms with Gasteiger partial charge in [0.2, 0.25) is 0 Å². The first-order valence-corrected chi connectivity index (χ1v) is 8.94. The second-order valence-electron chi connectivity index (χ2n) is 6.46. The summed E-state index contributed by atoms with van der Waals surface area (Å²) in [5.41, 5.74) is 0.668. The van der Waals surface area contributed by atoms with Gasteiger partial charge in [0.15, 0.2) is 17.3 Å². The van der Waals surface area contributed by atoms with Gasteiger partial charge in [-0.25, -0.2) is 0 Å². The summed E-state index contributed by atoms with van der Waals surface area (Å²) in [6.45, 7) is 6.56. The summed E-state index contributed by atoms with van der Waals surface area (Å²) in [5, 5.41) is 0. The third-order valence-electron chi connectivity index (χ3n) is 4.90. The zero-order chi connectivity index (χ0) is 17.8. The molecule has 0 N–H and O–H groups in total. The van der Waals surface area contributed by atoms with Crippen molar-refractivity contribution in [3.8, 4) is 11.5 Å². The molecule has 0 amide bonds. The number of hydrogen-bond donors (Lipinski definition) is 0. The molecular formula is C19H25NO5. The number of fused-ring (bicyclic) bond motifs is 1. The molecule has 1 atom stereocenters. The molecule has 0 radical (unpaired) electrons. The summed E-state index contributed by atoms with van der Waals surface area (Å²) in [6, 6.07) is 5.14. The summed E-state index contributed by atoms with van der Waals surface area (Å²) in [5.74, 6) is 1.26. The highest BCUT2D eigenvalue weighted by Gasteiger charge is 2.31. The van der Waals surface area contributed by atoms with Crippen LogP contribution in [-0.4, -0.2) is 55.6 Å². The predicted octanol–water partition coefficient (Wildman–Crippen LogP) is 2.30. The number of rotatable bonds is 5. The Balaban J connectivity index is 1.59. The maximum atomic E-state index is 12.8. The number of ether oxygens (including phenoxy) is 3. The molecular weight excluding hydrogens is 322 g/mol. The molecule has 1 saturated heterocycles. The van der Waals surface area contributed by atoms with Crippen LogP contribution in [-0.2, 0) is 9.53 Å². The average molecular weight is 347 g/mol. The van der Waals surface area contributed by atoms with Crippen LogP contribution in [0.15, 0.2) is 18.2 Å². The minimum Gasteiger partial charge on any atom is -0.486 e. The molecule has 1 fully saturated rings. The third-order valence-corrected chi connectivity index (χ3v) is 4.90. The van der Waals surface area contributed by atoms with Gasteiger partial charge in [-0.15, -0.1) is 0 Å². The summed E-state index contributed by atoms with van der Waals surface area (Å²) in [6.07, 6.45) is 1.49. The summed E-state index contributed by atoms with van der Waals surface area (Å²) < 4.78 is 16.1. The fourth-order valence-corrected chi connectivity index (χ4v) is 3.39. The molecule has 6 heteroatoms. The van der Waals surface area contributed by atoms with E-state index in [1.807, 2.05) is 19.9 Å². The van der Waals surface area contributed by atoms with E-state index in [2.05, 4.69) is 4.90 Å². The normalized spacial score (nSPS) is 19.3. The van der Waals surface area contributed by atoms with Gasteiger partial charge in [0, 0.05) is 11.5 Å². The van der Waals surface area contributed by atoms with E-state index in [-0.39, 0.29) is 23.7 Å². The van der Waals surface area contributed by atoms with Crippen LogP contribution >= 0.6 is 0 Å². The van der Waals surface area contributed by atoms with E-state index in [0.717, 1.165) is 25.9 Å². The van der Waals surface area contributed by atoms with E-state index in [0.29, 0.717) is 36.9 Å². The number of Topliss-reactive ketones (excluding diaryl/α,β-unsaturated/α-hetero) is 1. The zero-order valence-corrected chi connectivity index (χ0v) is 14.8. The first kappa shape index (κ1) is 17.7. The zero-order valence-electron chi connectivity index (χ0n) is 14.8. The number of carbonyl (C=O) groups is 2. The van der Waals surface area contributed by atoms with E-state index >= 15 is 0 Å². The van der Waals surface area contributed by atoms with Crippen LogP contribution in [0.3, 0.4) is 0 Å². The van der Waals surface area contributed by atoms with Crippen LogP contribution in [0.2, 0.25) is 0 Å². The fourth-order valence-electron chi connectivity index (χ4n) is 3.39. The van der Waals surface area contributed by atoms with Crippen LogP contribution in [0, 0.1) is 5.92 Å². The Kier molecular flexibility index (Phi) is 5.58. The Morgan fingerprint density at radius 1 is 1.20 bits per heavy atom. The van der Waals surface area contributed by atoms with E-state index in [9.17, 15) is 9.59 Å². The van der Waals surface area contributed by atoms with E-state index in [1.54, 1.807) is 12.1 Å². The Bertz CT molecular complexity index is 637. The minimum absolute atomic E-state index is 0.0202. The van der Waals surface area contributed by atoms with Gasteiger partial charge < -0.3 is 14.2 Å². The topological polar surface area (TPSA) is 65.1 Å². The van der Waals surface area contributed by atoms with E-state index in [4.69, 9.17) is 14.2 Å². The van der Waals surface area contributed by atoms with Crippen molar-refractivity contribution in [3.05, 3.63) is 23.8 Å². The lowest BCUT2D eigenvalue weighted by Gasteiger charge is -2.34. The number of nitrogens with zero attached hydrogens (tertiary/aromatic N) is 1. The largest absolute Gasteiger partial charge is 0.486 e. The predicted molar refractivity (Wildman–Crippen MR) is 92.2 cm³/mol. The third kappa shape index (κ3) is 3.95. The van der Waals surface area contributed by atoms with Crippen LogP contribution in [0.1, 0.15) is 37.0 Å². The molecule has 136 valence electrons. The average Bonchev–Trinajstić information content (AvgIpc) is 2.66. The van der Waals surface area contributed by atoms with Crippen molar-refractivity contribution < 1.29 is 23.8 Å². The summed E-state index contributed by atoms with van der Waals surface area (Å²) in [4.78, 5) is 26.7. The Morgan fingerprint density at radius 3 is 2.56 bits per heavy atom. The molecule has 2 aliphatic rings. The lowest BCUT2D eigenvalue weighted by Crippen LogP contribution is -2.45. The molecule has 25 heavy (non-hydrogen) atoms. The van der Waals surface area contributed by atoms with Crippen LogP contribution < -0.4 is 9.47 Å². The maximum Gasteiger partial charge on any atom is 0.323 e. The Labute approximate surface area is 148 Å². The van der Waals surface area contributed by atoms with Crippen LogP contribution in [0.25, 0.3) is 0 Å². The highest BCUT2D eigenvalue weighted by Crippen LogP contribution is 2.32. The molecule has 2 heterocycles. The van der Waals surface area contributed by atoms with Crippen molar-refractivity contribution in [1.82, 2.24) is 4.90 Å². The monoisotopic (exact) mass is 347 g/mol. The van der Waals surface area contributed by atoms with E-state index in [1.165, 1.54) is 0 Å². The van der Waals surface area contributed by atoms with Gasteiger partial charge in [-0.1, -0.05) is 0 Å². The molecule has 0 spiro atoms. The number of benzene rings is 1. The maximum absolute atomic E-state index is 12.8. The van der Waals surface area contributed by atoms with Crippen molar-refractivity contribution >= 4 is 11.8 Å². The molecule has 0 unspecified atom stereocenters. The van der Waals surface area contributed by atoms with Crippen molar-refractivity contribution in [3.63, 3.8) is 0 Å². The highest BCUT2D eigenvalue weighted by atomic mass is 16.6. The molecule has 2 aliphatic heterocycles. The van der Waals surface area contributed by atoms with Crippen molar-refractivity contribution in [2.24, 2.45) is 5.92 Å². The summed E-state index contributed by atoms with van der Waals surface area (Å²) in [7, 11) is 0. The lowest BCUT2D eigenvalue weighted by molar-refractivity contribution is -0.149. The van der Waals surface area contributed by atoms with Crippen molar-refractivity contribution in [2.75, 3.05) is 32.9 Å². The van der Waals surface area contributed by atoms with Crippen molar-refractivity contribution in [1.29, 1.82) is 0 Å². The second kappa shape index (κ2) is 7.87. The second-order valence-corrected chi connectivity index (χ2v) is 6.46.